The Morgan fingerprint density at radius 3 is 1.56 bits per heavy atom. The Labute approximate surface area is 217 Å². The lowest BCUT2D eigenvalue weighted by molar-refractivity contribution is -0.195. The molecule has 0 aromatic rings. The number of rotatable bonds is 24. The van der Waals surface area contributed by atoms with Crippen LogP contribution in [-0.2, 0) is 23.9 Å². The predicted octanol–water partition coefficient (Wildman–Crippen LogP) is 6.84. The Bertz CT molecular complexity index is 645. The molecule has 0 saturated carbocycles. The van der Waals surface area contributed by atoms with Gasteiger partial charge in [-0.05, 0) is 18.8 Å². The number of aliphatic carboxylic acids is 3. The van der Waals surface area contributed by atoms with Gasteiger partial charge in [0, 0.05) is 6.42 Å². The van der Waals surface area contributed by atoms with Crippen molar-refractivity contribution in [2.75, 3.05) is 0 Å². The van der Waals surface area contributed by atoms with E-state index in [9.17, 15) is 34.5 Å². The molecule has 0 aromatic heterocycles. The van der Waals surface area contributed by atoms with E-state index in [2.05, 4.69) is 13.8 Å². The summed E-state index contributed by atoms with van der Waals surface area (Å²) in [4.78, 5) is 47.8. The minimum atomic E-state index is -2.61. The Kier molecular flexibility index (Phi) is 18.8. The van der Waals surface area contributed by atoms with Crippen molar-refractivity contribution in [1.82, 2.24) is 0 Å². The molecular weight excluding hydrogens is 464 g/mol. The summed E-state index contributed by atoms with van der Waals surface area (Å²) < 4.78 is 5.15. The second kappa shape index (κ2) is 20.0. The Balaban J connectivity index is 4.62. The molecule has 3 N–H and O–H groups in total. The Morgan fingerprint density at radius 1 is 0.694 bits per heavy atom. The zero-order valence-corrected chi connectivity index (χ0v) is 22.8. The van der Waals surface area contributed by atoms with Crippen LogP contribution in [0, 0.1) is 11.8 Å². The first-order valence-corrected chi connectivity index (χ1v) is 14.0. The molecule has 0 spiro atoms. The number of hydrogen-bond acceptors (Lipinski definition) is 5. The minimum absolute atomic E-state index is 0.0620. The second-order valence-corrected chi connectivity index (χ2v) is 10.4. The maximum Gasteiger partial charge on any atom is 0.349 e. The highest BCUT2D eigenvalue weighted by atomic mass is 16.6. The van der Waals surface area contributed by atoms with Gasteiger partial charge >= 0.3 is 23.9 Å². The molecule has 0 aliphatic heterocycles. The first kappa shape index (κ1) is 33.9. The van der Waals surface area contributed by atoms with E-state index in [-0.39, 0.29) is 12.8 Å². The van der Waals surface area contributed by atoms with Crippen molar-refractivity contribution < 1.29 is 39.2 Å². The third-order valence-corrected chi connectivity index (χ3v) is 6.69. The van der Waals surface area contributed by atoms with E-state index in [0.717, 1.165) is 38.0 Å². The molecule has 2 atom stereocenters. The molecular formula is C28H50O8. The van der Waals surface area contributed by atoms with Gasteiger partial charge in [-0.2, -0.15) is 0 Å². The summed E-state index contributed by atoms with van der Waals surface area (Å²) >= 11 is 0. The molecule has 0 aliphatic rings. The average molecular weight is 515 g/mol. The van der Waals surface area contributed by atoms with Crippen LogP contribution in [0.1, 0.15) is 136 Å². The summed E-state index contributed by atoms with van der Waals surface area (Å²) in [5.74, 6) is -6.45. The van der Waals surface area contributed by atoms with Gasteiger partial charge in [-0.15, -0.1) is 0 Å². The summed E-state index contributed by atoms with van der Waals surface area (Å²) in [5, 5.41) is 28.9. The zero-order valence-electron chi connectivity index (χ0n) is 22.8. The molecule has 0 heterocycles. The van der Waals surface area contributed by atoms with Gasteiger partial charge in [-0.1, -0.05) is 111 Å². The molecule has 0 amide bonds. The standard InChI is InChI=1S/C28H50O8/c1-4-5-15-20-25(31)36-28(27(34)35,21-24(29)30)23(26(32)33)19-17-14-12-10-8-6-7-9-11-13-16-18-22(2)3/h22-23H,4-21H2,1-3H3,(H,29,30)(H,32,33)(H,34,35). The average Bonchev–Trinajstić information content (AvgIpc) is 2.78. The smallest absolute Gasteiger partial charge is 0.349 e. The van der Waals surface area contributed by atoms with Crippen molar-refractivity contribution in [3.63, 3.8) is 0 Å². The molecule has 0 aliphatic carbocycles. The summed E-state index contributed by atoms with van der Waals surface area (Å²) in [5.41, 5.74) is -2.61. The van der Waals surface area contributed by atoms with Gasteiger partial charge in [0.15, 0.2) is 0 Å². The zero-order chi connectivity index (χ0) is 27.4. The van der Waals surface area contributed by atoms with Crippen LogP contribution in [-0.4, -0.2) is 44.8 Å². The van der Waals surface area contributed by atoms with E-state index in [4.69, 9.17) is 4.74 Å². The van der Waals surface area contributed by atoms with Crippen molar-refractivity contribution in [1.29, 1.82) is 0 Å². The fourth-order valence-corrected chi connectivity index (χ4v) is 4.55. The molecule has 0 fully saturated rings. The molecule has 0 bridgehead atoms. The lowest BCUT2D eigenvalue weighted by atomic mass is 9.80. The molecule has 0 saturated heterocycles. The van der Waals surface area contributed by atoms with Gasteiger partial charge < -0.3 is 20.1 Å². The summed E-state index contributed by atoms with van der Waals surface area (Å²) in [7, 11) is 0. The van der Waals surface area contributed by atoms with Crippen LogP contribution in [0.3, 0.4) is 0 Å². The molecule has 0 radical (unpaired) electrons. The monoisotopic (exact) mass is 514 g/mol. The number of carbonyl (C=O) groups is 4. The number of unbranched alkanes of at least 4 members (excludes halogenated alkanes) is 12. The van der Waals surface area contributed by atoms with Gasteiger partial charge in [0.1, 0.15) is 5.92 Å². The lowest BCUT2D eigenvalue weighted by Gasteiger charge is -2.33. The number of carbonyl (C=O) groups excluding carboxylic acids is 1. The van der Waals surface area contributed by atoms with E-state index >= 15 is 0 Å². The number of carboxylic acids is 3. The number of carboxylic acid groups (broad SMARTS) is 3. The largest absolute Gasteiger partial charge is 0.481 e. The fourth-order valence-electron chi connectivity index (χ4n) is 4.55. The molecule has 8 nitrogen and oxygen atoms in total. The Morgan fingerprint density at radius 2 is 1.17 bits per heavy atom. The lowest BCUT2D eigenvalue weighted by Crippen LogP contribution is -2.54. The van der Waals surface area contributed by atoms with Gasteiger partial charge in [-0.3, -0.25) is 14.4 Å². The van der Waals surface area contributed by atoms with Crippen LogP contribution < -0.4 is 0 Å². The molecule has 0 aromatic carbocycles. The molecule has 36 heavy (non-hydrogen) atoms. The van der Waals surface area contributed by atoms with Gasteiger partial charge in [-0.25, -0.2) is 4.79 Å². The molecule has 8 heteroatoms. The van der Waals surface area contributed by atoms with Gasteiger partial charge in [0.2, 0.25) is 5.60 Å². The highest BCUT2D eigenvalue weighted by molar-refractivity contribution is 5.92. The summed E-state index contributed by atoms with van der Waals surface area (Å²) in [6.07, 6.45) is 13.8. The van der Waals surface area contributed by atoms with Crippen LogP contribution >= 0.6 is 0 Å². The maximum absolute atomic E-state index is 12.3. The van der Waals surface area contributed by atoms with E-state index in [0.29, 0.717) is 19.3 Å². The van der Waals surface area contributed by atoms with Crippen molar-refractivity contribution >= 4 is 23.9 Å². The third kappa shape index (κ3) is 15.1. The number of hydrogen-bond donors (Lipinski definition) is 3. The highest BCUT2D eigenvalue weighted by Gasteiger charge is 2.54. The third-order valence-electron chi connectivity index (χ3n) is 6.69. The van der Waals surface area contributed by atoms with Crippen molar-refractivity contribution in [3.05, 3.63) is 0 Å². The molecule has 0 rings (SSSR count). The predicted molar refractivity (Wildman–Crippen MR) is 139 cm³/mol. The maximum atomic E-state index is 12.3. The van der Waals surface area contributed by atoms with Gasteiger partial charge in [0.25, 0.3) is 0 Å². The van der Waals surface area contributed by atoms with E-state index < -0.39 is 41.8 Å². The highest BCUT2D eigenvalue weighted by Crippen LogP contribution is 2.33. The van der Waals surface area contributed by atoms with Gasteiger partial charge in [0.05, 0.1) is 6.42 Å². The topological polar surface area (TPSA) is 138 Å². The van der Waals surface area contributed by atoms with Crippen LogP contribution in [0.4, 0.5) is 0 Å². The Hall–Kier alpha value is -2.12. The first-order chi connectivity index (χ1) is 17.1. The van der Waals surface area contributed by atoms with Crippen molar-refractivity contribution in [2.24, 2.45) is 11.8 Å². The van der Waals surface area contributed by atoms with Crippen LogP contribution in [0.2, 0.25) is 0 Å². The minimum Gasteiger partial charge on any atom is -0.481 e. The summed E-state index contributed by atoms with van der Waals surface area (Å²) in [6.45, 7) is 6.45. The normalized spacial score (nSPS) is 13.8. The first-order valence-electron chi connectivity index (χ1n) is 14.0. The van der Waals surface area contributed by atoms with E-state index in [1.54, 1.807) is 0 Å². The van der Waals surface area contributed by atoms with Crippen LogP contribution in [0.15, 0.2) is 0 Å². The SMILES string of the molecule is CCCCCC(=O)OC(CC(=O)O)(C(=O)O)C(CCCCCCCCCCCCCC(C)C)C(=O)O. The second-order valence-electron chi connectivity index (χ2n) is 10.4. The molecule has 2 unspecified atom stereocenters. The van der Waals surface area contributed by atoms with E-state index in [1.165, 1.54) is 44.9 Å². The number of esters is 1. The van der Waals surface area contributed by atoms with Crippen LogP contribution in [0.5, 0.6) is 0 Å². The van der Waals surface area contributed by atoms with Crippen LogP contribution in [0.25, 0.3) is 0 Å². The fraction of sp³-hybridized carbons (Fsp3) is 0.857. The summed E-state index contributed by atoms with van der Waals surface area (Å²) in [6, 6.07) is 0. The van der Waals surface area contributed by atoms with Crippen molar-refractivity contribution in [3.8, 4) is 0 Å². The van der Waals surface area contributed by atoms with Crippen molar-refractivity contribution in [2.45, 2.75) is 142 Å². The number of ether oxygens (including phenoxy) is 1. The quantitative estimate of drug-likeness (QED) is 0.0940. The van der Waals surface area contributed by atoms with E-state index in [1.807, 2.05) is 6.92 Å². The molecule has 210 valence electrons.